The number of hydrogen-bond donors (Lipinski definition) is 1. The Hall–Kier alpha value is -0.480. The second kappa shape index (κ2) is 8.47. The molecule has 1 saturated heterocycles. The predicted octanol–water partition coefficient (Wildman–Crippen LogP) is 3.84. The molecule has 138 valence electrons. The Morgan fingerprint density at radius 3 is 2.96 bits per heavy atom. The molecule has 4 rings (SSSR count). The van der Waals surface area contributed by atoms with Gasteiger partial charge in [-0.3, -0.25) is 9.39 Å². The van der Waals surface area contributed by atoms with Crippen molar-refractivity contribution in [3.63, 3.8) is 0 Å². The van der Waals surface area contributed by atoms with Crippen LogP contribution in [0.3, 0.4) is 0 Å². The third kappa shape index (κ3) is 4.27. The maximum absolute atomic E-state index is 4.65. The zero-order chi connectivity index (χ0) is 16.4. The van der Waals surface area contributed by atoms with E-state index in [9.17, 15) is 0 Å². The highest BCUT2D eigenvalue weighted by atomic mass is 127. The Balaban J connectivity index is 0.00000182. The zero-order valence-electron chi connectivity index (χ0n) is 14.6. The summed E-state index contributed by atoms with van der Waals surface area (Å²) in [6, 6.07) is 0. The molecule has 1 saturated carbocycles. The van der Waals surface area contributed by atoms with Gasteiger partial charge in [0.05, 0.1) is 12.2 Å². The van der Waals surface area contributed by atoms with Crippen LogP contribution in [0.2, 0.25) is 0 Å². The molecule has 1 aliphatic carbocycles. The van der Waals surface area contributed by atoms with Crippen molar-refractivity contribution >= 4 is 58.0 Å². The smallest absolute Gasteiger partial charge is 0.194 e. The Morgan fingerprint density at radius 2 is 2.20 bits per heavy atom. The van der Waals surface area contributed by atoms with Crippen LogP contribution in [-0.2, 0) is 6.54 Å². The van der Waals surface area contributed by atoms with Crippen LogP contribution in [0.4, 0.5) is 0 Å². The molecule has 25 heavy (non-hydrogen) atoms. The summed E-state index contributed by atoms with van der Waals surface area (Å²) in [4.78, 5) is 12.7. The number of nitrogens with one attached hydrogen (secondary N) is 1. The highest BCUT2D eigenvalue weighted by Crippen LogP contribution is 2.42. The standard InChI is InChI=1S/C17H25N5S2.HI/c1-18-15(19-11-14-12-21-7-9-23-16(21)20-14)22-8-10-24-17(13-22)5-3-2-4-6-17;/h7,9,12H,2-6,8,10-11,13H2,1H3,(H,18,19);1H. The zero-order valence-corrected chi connectivity index (χ0v) is 18.6. The van der Waals surface area contributed by atoms with Crippen molar-refractivity contribution in [2.45, 2.75) is 43.4 Å². The summed E-state index contributed by atoms with van der Waals surface area (Å²) < 4.78 is 2.55. The number of aromatic nitrogens is 2. The fourth-order valence-corrected chi connectivity index (χ4v) is 6.18. The first-order valence-electron chi connectivity index (χ1n) is 8.79. The number of imidazole rings is 1. The Morgan fingerprint density at radius 1 is 1.36 bits per heavy atom. The minimum absolute atomic E-state index is 0. The van der Waals surface area contributed by atoms with Crippen molar-refractivity contribution in [2.24, 2.45) is 4.99 Å². The number of guanidine groups is 1. The minimum Gasteiger partial charge on any atom is -0.351 e. The summed E-state index contributed by atoms with van der Waals surface area (Å²) >= 11 is 3.87. The molecule has 1 N–H and O–H groups in total. The van der Waals surface area contributed by atoms with E-state index in [0.29, 0.717) is 4.75 Å². The summed E-state index contributed by atoms with van der Waals surface area (Å²) in [5.74, 6) is 2.23. The average Bonchev–Trinajstić information content (AvgIpc) is 3.18. The van der Waals surface area contributed by atoms with Gasteiger partial charge in [0.15, 0.2) is 10.9 Å². The van der Waals surface area contributed by atoms with E-state index in [1.165, 1.54) is 37.9 Å². The fourth-order valence-electron chi connectivity index (χ4n) is 3.89. The number of thioether (sulfide) groups is 1. The molecule has 1 aliphatic heterocycles. The second-order valence-corrected chi connectivity index (χ2v) is 9.18. The first-order valence-corrected chi connectivity index (χ1v) is 10.7. The lowest BCUT2D eigenvalue weighted by Gasteiger charge is -2.45. The molecule has 8 heteroatoms. The van der Waals surface area contributed by atoms with Gasteiger partial charge in [0, 0.05) is 48.4 Å². The first-order chi connectivity index (χ1) is 11.8. The van der Waals surface area contributed by atoms with Crippen LogP contribution >= 0.6 is 47.1 Å². The third-order valence-corrected chi connectivity index (χ3v) is 7.40. The van der Waals surface area contributed by atoms with E-state index in [4.69, 9.17) is 0 Å². The number of hydrogen-bond acceptors (Lipinski definition) is 4. The summed E-state index contributed by atoms with van der Waals surface area (Å²) in [6.07, 6.45) is 11.1. The highest BCUT2D eigenvalue weighted by molar-refractivity contribution is 14.0. The highest BCUT2D eigenvalue weighted by Gasteiger charge is 2.38. The summed E-state index contributed by atoms with van der Waals surface area (Å²) in [7, 11) is 1.89. The van der Waals surface area contributed by atoms with Crippen LogP contribution in [-0.4, -0.2) is 50.9 Å². The van der Waals surface area contributed by atoms with Gasteiger partial charge in [-0.25, -0.2) is 4.98 Å². The minimum atomic E-state index is 0. The predicted molar refractivity (Wildman–Crippen MR) is 119 cm³/mol. The van der Waals surface area contributed by atoms with E-state index >= 15 is 0 Å². The van der Waals surface area contributed by atoms with Crippen LogP contribution in [0.25, 0.3) is 4.96 Å². The van der Waals surface area contributed by atoms with E-state index in [2.05, 4.69) is 54.1 Å². The molecule has 2 aliphatic rings. The van der Waals surface area contributed by atoms with Crippen LogP contribution in [0.5, 0.6) is 0 Å². The first kappa shape index (κ1) is 19.3. The molecule has 0 atom stereocenters. The van der Waals surface area contributed by atoms with Crippen molar-refractivity contribution in [1.82, 2.24) is 19.6 Å². The van der Waals surface area contributed by atoms with E-state index in [0.717, 1.165) is 36.2 Å². The molecule has 0 amide bonds. The average molecular weight is 491 g/mol. The molecule has 2 aromatic rings. The van der Waals surface area contributed by atoms with Gasteiger partial charge in [0.1, 0.15) is 0 Å². The number of rotatable bonds is 2. The van der Waals surface area contributed by atoms with Crippen molar-refractivity contribution in [3.8, 4) is 0 Å². The van der Waals surface area contributed by atoms with Gasteiger partial charge in [0.2, 0.25) is 0 Å². The van der Waals surface area contributed by atoms with E-state index in [1.54, 1.807) is 11.3 Å². The largest absolute Gasteiger partial charge is 0.351 e. The number of fused-ring (bicyclic) bond motifs is 1. The monoisotopic (exact) mass is 491 g/mol. The summed E-state index contributed by atoms with van der Waals surface area (Å²) in [5.41, 5.74) is 1.07. The van der Waals surface area contributed by atoms with Crippen LogP contribution in [0.15, 0.2) is 22.8 Å². The van der Waals surface area contributed by atoms with Gasteiger partial charge in [0.25, 0.3) is 0 Å². The number of halogens is 1. The van der Waals surface area contributed by atoms with E-state index in [-0.39, 0.29) is 24.0 Å². The molecule has 0 unspecified atom stereocenters. The Bertz CT molecular complexity index is 686. The lowest BCUT2D eigenvalue weighted by Crippen LogP contribution is -2.53. The van der Waals surface area contributed by atoms with Gasteiger partial charge in [-0.2, -0.15) is 11.8 Å². The number of nitrogens with zero attached hydrogens (tertiary/aromatic N) is 4. The molecule has 5 nitrogen and oxygen atoms in total. The van der Waals surface area contributed by atoms with Gasteiger partial charge < -0.3 is 10.2 Å². The lowest BCUT2D eigenvalue weighted by atomic mass is 9.87. The second-order valence-electron chi connectivity index (χ2n) is 6.74. The summed E-state index contributed by atoms with van der Waals surface area (Å²) in [5, 5.41) is 5.59. The van der Waals surface area contributed by atoms with Crippen molar-refractivity contribution in [2.75, 3.05) is 25.9 Å². The van der Waals surface area contributed by atoms with E-state index < -0.39 is 0 Å². The van der Waals surface area contributed by atoms with Gasteiger partial charge in [-0.15, -0.1) is 35.3 Å². The molecule has 0 radical (unpaired) electrons. The number of thiazole rings is 1. The molecule has 3 heterocycles. The quantitative estimate of drug-likeness (QED) is 0.394. The van der Waals surface area contributed by atoms with Gasteiger partial charge >= 0.3 is 0 Å². The Kier molecular flexibility index (Phi) is 6.54. The molecular weight excluding hydrogens is 465 g/mol. The normalized spacial score (nSPS) is 20.7. The molecule has 0 bridgehead atoms. The molecule has 2 fully saturated rings. The maximum Gasteiger partial charge on any atom is 0.194 e. The topological polar surface area (TPSA) is 44.9 Å². The maximum atomic E-state index is 4.65. The third-order valence-electron chi connectivity index (χ3n) is 5.10. The SMILES string of the molecule is CN=C(NCc1cn2ccsc2n1)N1CCSC2(CCCCC2)C1.I. The van der Waals surface area contributed by atoms with Crippen molar-refractivity contribution in [3.05, 3.63) is 23.5 Å². The molecule has 0 aromatic carbocycles. The lowest BCUT2D eigenvalue weighted by molar-refractivity contribution is 0.293. The Labute approximate surface area is 174 Å². The van der Waals surface area contributed by atoms with E-state index in [1.807, 2.05) is 7.05 Å². The van der Waals surface area contributed by atoms with Crippen molar-refractivity contribution < 1.29 is 0 Å². The summed E-state index contributed by atoms with van der Waals surface area (Å²) in [6.45, 7) is 2.96. The van der Waals surface area contributed by atoms with Crippen LogP contribution in [0, 0.1) is 0 Å². The van der Waals surface area contributed by atoms with Gasteiger partial charge in [-0.1, -0.05) is 19.3 Å². The molecule has 1 spiro atoms. The van der Waals surface area contributed by atoms with Crippen LogP contribution in [0.1, 0.15) is 37.8 Å². The van der Waals surface area contributed by atoms with Crippen LogP contribution < -0.4 is 5.32 Å². The van der Waals surface area contributed by atoms with Gasteiger partial charge in [-0.05, 0) is 12.8 Å². The molecular formula is C17H26IN5S2. The molecule has 2 aromatic heterocycles. The van der Waals surface area contributed by atoms with Crippen molar-refractivity contribution in [1.29, 1.82) is 0 Å². The number of aliphatic imine (C=N–C) groups is 1. The fraction of sp³-hybridized carbons (Fsp3) is 0.647.